The zero-order valence-corrected chi connectivity index (χ0v) is 20.6. The fourth-order valence-corrected chi connectivity index (χ4v) is 5.29. The van der Waals surface area contributed by atoms with Crippen molar-refractivity contribution in [3.8, 4) is 11.1 Å². The van der Waals surface area contributed by atoms with Crippen molar-refractivity contribution in [3.05, 3.63) is 59.7 Å². The highest BCUT2D eigenvalue weighted by Crippen LogP contribution is 2.44. The molecule has 1 unspecified atom stereocenters. The highest BCUT2D eigenvalue weighted by atomic mass is 16.5. The topological polar surface area (TPSA) is 95.9 Å². The molecule has 2 amide bonds. The van der Waals surface area contributed by atoms with E-state index in [2.05, 4.69) is 29.6 Å². The Kier molecular flexibility index (Phi) is 7.15. The minimum absolute atomic E-state index is 0.0223. The number of carboxylic acids is 1. The summed E-state index contributed by atoms with van der Waals surface area (Å²) in [4.78, 5) is 39.2. The number of amides is 2. The van der Waals surface area contributed by atoms with Crippen LogP contribution in [-0.2, 0) is 14.3 Å². The Hall–Kier alpha value is -3.35. The number of alkyl carbamates (subject to hydrolysis) is 1. The van der Waals surface area contributed by atoms with Gasteiger partial charge >= 0.3 is 12.1 Å². The van der Waals surface area contributed by atoms with E-state index in [1.54, 1.807) is 4.90 Å². The molecular formula is C28H34N2O5. The molecule has 1 saturated heterocycles. The maximum absolute atomic E-state index is 13.5. The number of carboxylic acid groups (broad SMARTS) is 1. The number of benzene rings is 2. The molecule has 7 heteroatoms. The molecule has 2 N–H and O–H groups in total. The van der Waals surface area contributed by atoms with Gasteiger partial charge in [-0.1, -0.05) is 69.3 Å². The summed E-state index contributed by atoms with van der Waals surface area (Å²) in [5, 5.41) is 11.9. The summed E-state index contributed by atoms with van der Waals surface area (Å²) in [5.74, 6) is -1.11. The molecule has 2 aromatic carbocycles. The van der Waals surface area contributed by atoms with E-state index in [1.165, 1.54) is 0 Å². The van der Waals surface area contributed by atoms with Crippen LogP contribution in [-0.4, -0.2) is 53.2 Å². The van der Waals surface area contributed by atoms with Gasteiger partial charge in [0.05, 0.1) is 0 Å². The number of carbonyl (C=O) groups excluding carboxylic acids is 2. The lowest BCUT2D eigenvalue weighted by Gasteiger charge is -2.35. The van der Waals surface area contributed by atoms with Gasteiger partial charge in [0.2, 0.25) is 5.91 Å². The quantitative estimate of drug-likeness (QED) is 0.596. The van der Waals surface area contributed by atoms with Crippen molar-refractivity contribution in [1.29, 1.82) is 0 Å². The maximum atomic E-state index is 13.5. The summed E-state index contributed by atoms with van der Waals surface area (Å²) in [6.07, 6.45) is 1.43. The van der Waals surface area contributed by atoms with Gasteiger partial charge < -0.3 is 20.1 Å². The minimum Gasteiger partial charge on any atom is -0.481 e. The van der Waals surface area contributed by atoms with E-state index in [0.29, 0.717) is 13.0 Å². The van der Waals surface area contributed by atoms with Crippen LogP contribution in [0.15, 0.2) is 48.5 Å². The molecule has 0 radical (unpaired) electrons. The Balaban J connectivity index is 1.44. The van der Waals surface area contributed by atoms with E-state index in [1.807, 2.05) is 45.0 Å². The average molecular weight is 479 g/mol. The van der Waals surface area contributed by atoms with Crippen LogP contribution in [0.4, 0.5) is 4.79 Å². The van der Waals surface area contributed by atoms with Gasteiger partial charge in [-0.25, -0.2) is 4.79 Å². The zero-order chi connectivity index (χ0) is 25.2. The summed E-state index contributed by atoms with van der Waals surface area (Å²) >= 11 is 0. The maximum Gasteiger partial charge on any atom is 0.407 e. The fourth-order valence-electron chi connectivity index (χ4n) is 5.29. The van der Waals surface area contributed by atoms with Crippen LogP contribution in [0.25, 0.3) is 11.1 Å². The molecule has 186 valence electrons. The van der Waals surface area contributed by atoms with E-state index in [9.17, 15) is 14.4 Å². The fraction of sp³-hybridized carbons (Fsp3) is 0.464. The largest absolute Gasteiger partial charge is 0.481 e. The molecule has 0 saturated carbocycles. The van der Waals surface area contributed by atoms with Gasteiger partial charge in [0.15, 0.2) is 0 Å². The van der Waals surface area contributed by atoms with E-state index >= 15 is 0 Å². The number of fused-ring (bicyclic) bond motifs is 3. The summed E-state index contributed by atoms with van der Waals surface area (Å²) in [7, 11) is 0. The number of carbonyl (C=O) groups is 3. The summed E-state index contributed by atoms with van der Waals surface area (Å²) in [6, 6.07) is 15.4. The van der Waals surface area contributed by atoms with E-state index in [-0.39, 0.29) is 30.9 Å². The van der Waals surface area contributed by atoms with Crippen LogP contribution in [0.5, 0.6) is 0 Å². The van der Waals surface area contributed by atoms with Crippen molar-refractivity contribution >= 4 is 18.0 Å². The van der Waals surface area contributed by atoms with E-state index in [0.717, 1.165) is 35.1 Å². The summed E-state index contributed by atoms with van der Waals surface area (Å²) in [5.41, 5.74) is 4.02. The third-order valence-corrected chi connectivity index (χ3v) is 7.07. The van der Waals surface area contributed by atoms with Crippen molar-refractivity contribution in [2.45, 2.75) is 64.5 Å². The number of aliphatic carboxylic acids is 1. The predicted octanol–water partition coefficient (Wildman–Crippen LogP) is 4.80. The molecule has 1 aliphatic carbocycles. The molecular weight excluding hydrogens is 444 g/mol. The van der Waals surface area contributed by atoms with Crippen LogP contribution in [0, 0.1) is 5.41 Å². The molecule has 35 heavy (non-hydrogen) atoms. The third-order valence-electron chi connectivity index (χ3n) is 7.07. The Morgan fingerprint density at radius 1 is 1.06 bits per heavy atom. The molecule has 1 fully saturated rings. The lowest BCUT2D eigenvalue weighted by Crippen LogP contribution is -2.55. The monoisotopic (exact) mass is 478 g/mol. The normalized spacial score (nSPS) is 18.0. The highest BCUT2D eigenvalue weighted by Gasteiger charge is 2.40. The average Bonchev–Trinajstić information content (AvgIpc) is 3.41. The number of nitrogens with zero attached hydrogens (tertiary/aromatic N) is 1. The van der Waals surface area contributed by atoms with Gasteiger partial charge in [-0.05, 0) is 46.9 Å². The Labute approximate surface area is 206 Å². The van der Waals surface area contributed by atoms with Gasteiger partial charge in [0, 0.05) is 24.9 Å². The molecule has 2 aromatic rings. The second kappa shape index (κ2) is 10.1. The summed E-state index contributed by atoms with van der Waals surface area (Å²) < 4.78 is 5.69. The Morgan fingerprint density at radius 3 is 2.23 bits per heavy atom. The Bertz CT molecular complexity index is 1060. The summed E-state index contributed by atoms with van der Waals surface area (Å²) in [6.45, 7) is 6.46. The van der Waals surface area contributed by atoms with Crippen LogP contribution < -0.4 is 5.32 Å². The number of hydrogen-bond acceptors (Lipinski definition) is 4. The lowest BCUT2D eigenvalue weighted by atomic mass is 9.85. The van der Waals surface area contributed by atoms with Gasteiger partial charge in [0.25, 0.3) is 0 Å². The van der Waals surface area contributed by atoms with Crippen molar-refractivity contribution in [2.24, 2.45) is 5.41 Å². The molecule has 0 aromatic heterocycles. The van der Waals surface area contributed by atoms with Crippen molar-refractivity contribution in [2.75, 3.05) is 13.2 Å². The van der Waals surface area contributed by atoms with Gasteiger partial charge in [-0.15, -0.1) is 0 Å². The number of ether oxygens (including phenoxy) is 1. The zero-order valence-electron chi connectivity index (χ0n) is 20.6. The Morgan fingerprint density at radius 2 is 1.66 bits per heavy atom. The molecule has 2 atom stereocenters. The van der Waals surface area contributed by atoms with Crippen LogP contribution in [0.3, 0.4) is 0 Å². The third kappa shape index (κ3) is 5.34. The number of hydrogen-bond donors (Lipinski definition) is 2. The SMILES string of the molecule is CC(C)(C)[C@H](NC(=O)OCC1c2ccccc2-c2ccccc21)C(=O)N1CCCC1CCC(=O)O. The molecule has 1 heterocycles. The number of likely N-dealkylation sites (tertiary alicyclic amines) is 1. The second-order valence-corrected chi connectivity index (χ2v) is 10.5. The molecule has 7 nitrogen and oxygen atoms in total. The highest BCUT2D eigenvalue weighted by molar-refractivity contribution is 5.87. The first-order chi connectivity index (χ1) is 16.7. The van der Waals surface area contributed by atoms with E-state index in [4.69, 9.17) is 9.84 Å². The van der Waals surface area contributed by atoms with Gasteiger partial charge in [-0.2, -0.15) is 0 Å². The lowest BCUT2D eigenvalue weighted by molar-refractivity contribution is -0.140. The van der Waals surface area contributed by atoms with Crippen molar-refractivity contribution in [3.63, 3.8) is 0 Å². The van der Waals surface area contributed by atoms with Crippen LogP contribution in [0.1, 0.15) is 63.5 Å². The molecule has 1 aliphatic heterocycles. The number of rotatable bonds is 7. The molecule has 0 spiro atoms. The second-order valence-electron chi connectivity index (χ2n) is 10.5. The van der Waals surface area contributed by atoms with E-state index < -0.39 is 23.5 Å². The number of nitrogens with one attached hydrogen (secondary N) is 1. The standard InChI is InChI=1S/C28H34N2O5/c1-28(2,3)25(26(33)30-16-8-9-18(30)14-15-24(31)32)29-27(34)35-17-23-21-12-6-4-10-19(21)20-11-5-7-13-22(20)23/h4-7,10-13,18,23,25H,8-9,14-17H2,1-3H3,(H,29,34)(H,31,32)/t18?,25-/m1/s1. The van der Waals surface area contributed by atoms with Crippen LogP contribution in [0.2, 0.25) is 0 Å². The van der Waals surface area contributed by atoms with Crippen molar-refractivity contribution in [1.82, 2.24) is 10.2 Å². The first-order valence-electron chi connectivity index (χ1n) is 12.3. The first kappa shape index (κ1) is 24.8. The van der Waals surface area contributed by atoms with Gasteiger partial charge in [0.1, 0.15) is 12.6 Å². The predicted molar refractivity (Wildman–Crippen MR) is 133 cm³/mol. The molecule has 4 rings (SSSR count). The van der Waals surface area contributed by atoms with Gasteiger partial charge in [-0.3, -0.25) is 9.59 Å². The van der Waals surface area contributed by atoms with Crippen LogP contribution >= 0.6 is 0 Å². The molecule has 2 aliphatic rings. The van der Waals surface area contributed by atoms with Crippen molar-refractivity contribution < 1.29 is 24.2 Å². The first-order valence-corrected chi connectivity index (χ1v) is 12.3. The smallest absolute Gasteiger partial charge is 0.407 e. The minimum atomic E-state index is -0.867. The molecule has 0 bridgehead atoms.